The number of nitriles is 1. The number of aromatic nitrogens is 1. The van der Waals surface area contributed by atoms with Crippen LogP contribution in [0.25, 0.3) is 33.2 Å². The number of rotatable bonds is 1. The number of hydrogen-bond donors (Lipinski definition) is 0. The molecule has 0 N–H and O–H groups in total. The molecule has 24 heavy (non-hydrogen) atoms. The first-order chi connectivity index (χ1) is 11.6. The smallest absolute Gasteiger partial charge is 0.216 e. The highest BCUT2D eigenvalue weighted by Crippen LogP contribution is 2.40. The third-order valence-electron chi connectivity index (χ3n) is 4.42. The van der Waals surface area contributed by atoms with Gasteiger partial charge in [0.1, 0.15) is 24.5 Å². The third-order valence-corrected chi connectivity index (χ3v) is 4.42. The monoisotopic (exact) mass is 317 g/mol. The van der Waals surface area contributed by atoms with Crippen LogP contribution in [0.15, 0.2) is 53.1 Å². The first-order valence-electron chi connectivity index (χ1n) is 7.62. The summed E-state index contributed by atoms with van der Waals surface area (Å²) in [6.07, 6.45) is 1.90. The zero-order valence-corrected chi connectivity index (χ0v) is 13.3. The summed E-state index contributed by atoms with van der Waals surface area (Å²) in [7, 11) is 1.90. The maximum Gasteiger partial charge on any atom is 0.216 e. The minimum Gasteiger partial charge on any atom is -0.455 e. The van der Waals surface area contributed by atoms with Crippen LogP contribution < -0.4 is 4.57 Å². The van der Waals surface area contributed by atoms with Gasteiger partial charge in [0, 0.05) is 28.5 Å². The normalized spacial score (nSPS) is 11.1. The second-order valence-corrected chi connectivity index (χ2v) is 5.80. The predicted molar refractivity (Wildman–Crippen MR) is 89.7 cm³/mol. The fourth-order valence-corrected chi connectivity index (χ4v) is 3.24. The molecule has 0 bridgehead atoms. The van der Waals surface area contributed by atoms with Gasteiger partial charge in [0.2, 0.25) is 5.69 Å². The first-order valence-corrected chi connectivity index (χ1v) is 7.62. The molecular formula is C20H14FN2O+. The van der Waals surface area contributed by atoms with Crippen LogP contribution in [0.4, 0.5) is 4.39 Å². The number of furan rings is 1. The van der Waals surface area contributed by atoms with Crippen LogP contribution in [0.2, 0.25) is 0 Å². The summed E-state index contributed by atoms with van der Waals surface area (Å²) in [5.74, 6) is -0.490. The Morgan fingerprint density at radius 1 is 1.12 bits per heavy atom. The van der Waals surface area contributed by atoms with E-state index in [-0.39, 0.29) is 5.56 Å². The van der Waals surface area contributed by atoms with E-state index in [4.69, 9.17) is 4.42 Å². The topological polar surface area (TPSA) is 40.8 Å². The van der Waals surface area contributed by atoms with Crippen molar-refractivity contribution in [2.75, 3.05) is 0 Å². The molecule has 0 amide bonds. The van der Waals surface area contributed by atoms with Crippen molar-refractivity contribution in [3.05, 3.63) is 65.6 Å². The summed E-state index contributed by atoms with van der Waals surface area (Å²) in [4.78, 5) is 0. The van der Waals surface area contributed by atoms with Gasteiger partial charge < -0.3 is 4.42 Å². The Hall–Kier alpha value is -3.19. The average Bonchev–Trinajstić information content (AvgIpc) is 2.96. The summed E-state index contributed by atoms with van der Waals surface area (Å²) in [6, 6.07) is 15.1. The quantitative estimate of drug-likeness (QED) is 0.488. The third kappa shape index (κ3) is 1.85. The zero-order valence-electron chi connectivity index (χ0n) is 13.3. The van der Waals surface area contributed by atoms with Gasteiger partial charge in [0.15, 0.2) is 11.8 Å². The molecule has 0 radical (unpaired) electrons. The largest absolute Gasteiger partial charge is 0.455 e. The lowest BCUT2D eigenvalue weighted by Gasteiger charge is -2.08. The molecule has 0 aliphatic heterocycles. The lowest BCUT2D eigenvalue weighted by molar-refractivity contribution is -0.660. The molecule has 0 saturated heterocycles. The Bertz CT molecular complexity index is 1150. The minimum atomic E-state index is -0.490. The standard InChI is InChI=1S/C20H14FN2O/c1-12-17(15-8-5-6-10-23(15)2)20-18(14(11-22)19(12)21)13-7-3-4-9-16(13)24-20/h3-10H,1-2H3/q+1. The van der Waals surface area contributed by atoms with Crippen molar-refractivity contribution < 1.29 is 13.4 Å². The molecule has 0 aliphatic carbocycles. The van der Waals surface area contributed by atoms with Gasteiger partial charge in [0.05, 0.1) is 11.1 Å². The van der Waals surface area contributed by atoms with Gasteiger partial charge in [-0.15, -0.1) is 0 Å². The highest BCUT2D eigenvalue weighted by Gasteiger charge is 2.26. The number of para-hydroxylation sites is 1. The number of fused-ring (bicyclic) bond motifs is 3. The van der Waals surface area contributed by atoms with Crippen molar-refractivity contribution in [3.8, 4) is 17.3 Å². The lowest BCUT2D eigenvalue weighted by Crippen LogP contribution is -2.30. The van der Waals surface area contributed by atoms with Crippen LogP contribution >= 0.6 is 0 Å². The van der Waals surface area contributed by atoms with Gasteiger partial charge >= 0.3 is 0 Å². The summed E-state index contributed by atoms with van der Waals surface area (Å²) in [6.45, 7) is 1.69. The van der Waals surface area contributed by atoms with Crippen molar-refractivity contribution in [3.63, 3.8) is 0 Å². The van der Waals surface area contributed by atoms with E-state index >= 15 is 0 Å². The fraction of sp³-hybridized carbons (Fsp3) is 0.100. The van der Waals surface area contributed by atoms with E-state index in [2.05, 4.69) is 0 Å². The highest BCUT2D eigenvalue weighted by molar-refractivity contribution is 6.12. The van der Waals surface area contributed by atoms with Crippen LogP contribution in [0.1, 0.15) is 11.1 Å². The average molecular weight is 317 g/mol. The van der Waals surface area contributed by atoms with Crippen LogP contribution in [0, 0.1) is 24.1 Å². The van der Waals surface area contributed by atoms with Gasteiger partial charge in [-0.05, 0) is 19.1 Å². The zero-order chi connectivity index (χ0) is 16.8. The Morgan fingerprint density at radius 3 is 2.62 bits per heavy atom. The molecule has 0 aliphatic rings. The maximum absolute atomic E-state index is 14.9. The van der Waals surface area contributed by atoms with Crippen LogP contribution in [-0.4, -0.2) is 0 Å². The first kappa shape index (κ1) is 14.4. The van der Waals surface area contributed by atoms with Crippen LogP contribution in [0.5, 0.6) is 0 Å². The predicted octanol–water partition coefficient (Wildman–Crippen LogP) is 4.40. The molecule has 2 aromatic heterocycles. The Morgan fingerprint density at radius 2 is 1.88 bits per heavy atom. The second kappa shape index (κ2) is 5.17. The number of pyridine rings is 1. The number of benzene rings is 2. The van der Waals surface area contributed by atoms with E-state index in [1.165, 1.54) is 0 Å². The molecule has 0 fully saturated rings. The molecule has 0 atom stereocenters. The van der Waals surface area contributed by atoms with Crippen LogP contribution in [0.3, 0.4) is 0 Å². The SMILES string of the molecule is Cc1c(F)c(C#N)c2c(oc3ccccc32)c1-c1cccc[n+]1C. The van der Waals surface area contributed by atoms with Crippen LogP contribution in [-0.2, 0) is 7.05 Å². The molecule has 3 nitrogen and oxygen atoms in total. The second-order valence-electron chi connectivity index (χ2n) is 5.80. The number of hydrogen-bond acceptors (Lipinski definition) is 2. The highest BCUT2D eigenvalue weighted by atomic mass is 19.1. The minimum absolute atomic E-state index is 0.0368. The van der Waals surface area contributed by atoms with Gasteiger partial charge in [0.25, 0.3) is 0 Å². The summed E-state index contributed by atoms with van der Waals surface area (Å²) in [5, 5.41) is 10.8. The van der Waals surface area contributed by atoms with E-state index in [0.717, 1.165) is 11.1 Å². The van der Waals surface area contributed by atoms with Crippen molar-refractivity contribution in [1.82, 2.24) is 0 Å². The molecule has 4 heteroatoms. The molecule has 4 aromatic rings. The molecule has 2 aromatic carbocycles. The van der Waals surface area contributed by atoms with E-state index in [9.17, 15) is 9.65 Å². The molecule has 0 unspecified atom stereocenters. The van der Waals surface area contributed by atoms with E-state index in [0.29, 0.717) is 27.7 Å². The summed E-state index contributed by atoms with van der Waals surface area (Å²) >= 11 is 0. The molecule has 2 heterocycles. The van der Waals surface area contributed by atoms with Crippen molar-refractivity contribution in [2.24, 2.45) is 7.05 Å². The Balaban J connectivity index is 2.29. The fourth-order valence-electron chi connectivity index (χ4n) is 3.24. The van der Waals surface area contributed by atoms with Gasteiger partial charge in [-0.2, -0.15) is 5.26 Å². The van der Waals surface area contributed by atoms with Crippen molar-refractivity contribution >= 4 is 21.9 Å². The Kier molecular flexibility index (Phi) is 3.10. The number of aryl methyl sites for hydroxylation is 1. The van der Waals surface area contributed by atoms with Crippen molar-refractivity contribution in [1.29, 1.82) is 5.26 Å². The lowest BCUT2D eigenvalue weighted by atomic mass is 9.96. The summed E-state index contributed by atoms with van der Waals surface area (Å²) < 4.78 is 22.9. The van der Waals surface area contributed by atoms with Gasteiger partial charge in [-0.1, -0.05) is 18.2 Å². The molecule has 116 valence electrons. The molecule has 0 saturated carbocycles. The van der Waals surface area contributed by atoms with E-state index in [1.807, 2.05) is 66.3 Å². The molecule has 4 rings (SSSR count). The Labute approximate surface area is 138 Å². The number of nitrogens with zero attached hydrogens (tertiary/aromatic N) is 2. The summed E-state index contributed by atoms with van der Waals surface area (Å²) in [5.41, 5.74) is 3.17. The van der Waals surface area contributed by atoms with E-state index in [1.54, 1.807) is 6.92 Å². The van der Waals surface area contributed by atoms with Gasteiger partial charge in [-0.3, -0.25) is 0 Å². The molecule has 0 spiro atoms. The number of halogens is 1. The van der Waals surface area contributed by atoms with Crippen molar-refractivity contribution in [2.45, 2.75) is 6.92 Å². The molecular weight excluding hydrogens is 303 g/mol. The van der Waals surface area contributed by atoms with E-state index < -0.39 is 5.82 Å². The van der Waals surface area contributed by atoms with Gasteiger partial charge in [-0.25, -0.2) is 8.96 Å². The maximum atomic E-state index is 14.9.